The van der Waals surface area contributed by atoms with Gasteiger partial charge in [-0.05, 0) is 18.8 Å². The maximum Gasteiger partial charge on any atom is -0.0383 e. The third kappa shape index (κ3) is 5.88. The van der Waals surface area contributed by atoms with E-state index in [0.717, 1.165) is 5.92 Å². The molecular weight excluding hydrogens is 108 g/mol. The van der Waals surface area contributed by atoms with Gasteiger partial charge in [-0.1, -0.05) is 40.0 Å². The topological polar surface area (TPSA) is 0 Å². The van der Waals surface area contributed by atoms with Gasteiger partial charge in [0.1, 0.15) is 0 Å². The minimum atomic E-state index is 0.900. The smallest absolute Gasteiger partial charge is 0.0383 e. The van der Waals surface area contributed by atoms with Crippen LogP contribution in [0.3, 0.4) is 0 Å². The van der Waals surface area contributed by atoms with Gasteiger partial charge in [-0.2, -0.15) is 0 Å². The van der Waals surface area contributed by atoms with Crippen LogP contribution in [0.15, 0.2) is 0 Å². The Hall–Kier alpha value is 0. The maximum atomic E-state index is 2.41. The molecule has 0 N–H and O–H groups in total. The predicted octanol–water partition coefficient (Wildman–Crippen LogP) is 3.43. The largest absolute Gasteiger partial charge is 0.0654 e. The van der Waals surface area contributed by atoms with Crippen molar-refractivity contribution >= 4 is 0 Å². The van der Waals surface area contributed by atoms with Crippen molar-refractivity contribution in [2.24, 2.45) is 5.92 Å². The zero-order valence-electron chi connectivity index (χ0n) is 6.98. The van der Waals surface area contributed by atoms with Gasteiger partial charge in [0.2, 0.25) is 0 Å². The molecule has 0 aromatic heterocycles. The summed E-state index contributed by atoms with van der Waals surface area (Å²) < 4.78 is 0. The van der Waals surface area contributed by atoms with Crippen LogP contribution in [-0.2, 0) is 0 Å². The van der Waals surface area contributed by atoms with Crippen molar-refractivity contribution in [3.63, 3.8) is 0 Å². The number of rotatable bonds is 5. The van der Waals surface area contributed by atoms with Crippen LogP contribution in [0.5, 0.6) is 0 Å². The summed E-state index contributed by atoms with van der Waals surface area (Å²) in [7, 11) is 0. The molecule has 0 saturated carbocycles. The third-order valence-corrected chi connectivity index (χ3v) is 1.76. The molecule has 0 aromatic rings. The molecule has 1 unspecified atom stereocenters. The number of hydrogen-bond donors (Lipinski definition) is 0. The summed E-state index contributed by atoms with van der Waals surface area (Å²) in [6, 6.07) is 0. The lowest BCUT2D eigenvalue weighted by atomic mass is 10.0. The van der Waals surface area contributed by atoms with Crippen molar-refractivity contribution in [2.75, 3.05) is 0 Å². The Kier molecular flexibility index (Phi) is 6.12. The molecule has 0 heterocycles. The van der Waals surface area contributed by atoms with Crippen LogP contribution in [0.1, 0.15) is 46.5 Å². The van der Waals surface area contributed by atoms with Gasteiger partial charge in [0.15, 0.2) is 0 Å². The first-order chi connectivity index (χ1) is 4.31. The average Bonchev–Trinajstić information content (AvgIpc) is 1.89. The van der Waals surface area contributed by atoms with Gasteiger partial charge < -0.3 is 0 Å². The van der Waals surface area contributed by atoms with E-state index in [0.29, 0.717) is 0 Å². The fourth-order valence-corrected chi connectivity index (χ4v) is 0.773. The Balaban J connectivity index is 2.88. The Morgan fingerprint density at radius 2 is 2.00 bits per heavy atom. The van der Waals surface area contributed by atoms with Crippen LogP contribution in [0, 0.1) is 12.3 Å². The molecular formula is C9H19. The molecule has 9 heavy (non-hydrogen) atoms. The molecule has 0 saturated heterocycles. The van der Waals surface area contributed by atoms with E-state index in [1.165, 1.54) is 25.7 Å². The van der Waals surface area contributed by atoms with E-state index in [4.69, 9.17) is 0 Å². The summed E-state index contributed by atoms with van der Waals surface area (Å²) >= 11 is 0. The Morgan fingerprint density at radius 3 is 2.44 bits per heavy atom. The van der Waals surface area contributed by atoms with Crippen LogP contribution in [0.4, 0.5) is 0 Å². The molecule has 0 aliphatic heterocycles. The lowest BCUT2D eigenvalue weighted by Crippen LogP contribution is -1.91. The van der Waals surface area contributed by atoms with Gasteiger partial charge >= 0.3 is 0 Å². The van der Waals surface area contributed by atoms with Crippen LogP contribution in [-0.4, -0.2) is 0 Å². The monoisotopic (exact) mass is 127 g/mol. The molecule has 0 aliphatic carbocycles. The average molecular weight is 127 g/mol. The van der Waals surface area contributed by atoms with Crippen molar-refractivity contribution in [3.8, 4) is 0 Å². The third-order valence-electron chi connectivity index (χ3n) is 1.76. The van der Waals surface area contributed by atoms with Crippen LogP contribution >= 0.6 is 0 Å². The van der Waals surface area contributed by atoms with E-state index >= 15 is 0 Å². The molecule has 0 rings (SSSR count). The second-order valence-electron chi connectivity index (χ2n) is 2.83. The normalized spacial score (nSPS) is 13.7. The van der Waals surface area contributed by atoms with Crippen molar-refractivity contribution in [1.82, 2.24) is 0 Å². The molecule has 0 aromatic carbocycles. The van der Waals surface area contributed by atoms with Gasteiger partial charge in [0, 0.05) is 0 Å². The maximum absolute atomic E-state index is 2.41. The highest BCUT2D eigenvalue weighted by atomic mass is 14.0. The Morgan fingerprint density at radius 1 is 1.33 bits per heavy atom. The fraction of sp³-hybridized carbons (Fsp3) is 0.889. The Labute approximate surface area is 59.7 Å². The van der Waals surface area contributed by atoms with E-state index in [-0.39, 0.29) is 0 Å². The van der Waals surface area contributed by atoms with Crippen LogP contribution in [0.25, 0.3) is 0 Å². The second kappa shape index (κ2) is 6.12. The quantitative estimate of drug-likeness (QED) is 0.496. The highest BCUT2D eigenvalue weighted by molar-refractivity contribution is 4.66. The van der Waals surface area contributed by atoms with E-state index in [2.05, 4.69) is 27.2 Å². The molecule has 1 radical (unpaired) electrons. The summed E-state index contributed by atoms with van der Waals surface area (Å²) in [6.07, 6.45) is 7.64. The van der Waals surface area contributed by atoms with Crippen molar-refractivity contribution in [2.45, 2.75) is 46.5 Å². The fourth-order valence-electron chi connectivity index (χ4n) is 0.773. The summed E-state index contributed by atoms with van der Waals surface area (Å²) in [4.78, 5) is 0. The van der Waals surface area contributed by atoms with Crippen molar-refractivity contribution in [3.05, 3.63) is 6.42 Å². The highest BCUT2D eigenvalue weighted by Crippen LogP contribution is 2.10. The molecule has 1 atom stereocenters. The molecule has 0 aliphatic rings. The van der Waals surface area contributed by atoms with E-state index in [1.54, 1.807) is 0 Å². The molecule has 0 bridgehead atoms. The minimum Gasteiger partial charge on any atom is -0.0654 e. The first kappa shape index (κ1) is 9.00. The number of hydrogen-bond acceptors (Lipinski definition) is 0. The van der Waals surface area contributed by atoms with E-state index in [9.17, 15) is 0 Å². The molecule has 0 heteroatoms. The van der Waals surface area contributed by atoms with Gasteiger partial charge in [0.05, 0.1) is 0 Å². The summed E-state index contributed by atoms with van der Waals surface area (Å²) in [5.41, 5.74) is 0. The van der Waals surface area contributed by atoms with Crippen LogP contribution in [0.2, 0.25) is 0 Å². The zero-order chi connectivity index (χ0) is 7.11. The first-order valence-corrected chi connectivity index (χ1v) is 4.12. The van der Waals surface area contributed by atoms with Crippen molar-refractivity contribution < 1.29 is 0 Å². The second-order valence-corrected chi connectivity index (χ2v) is 2.83. The summed E-state index contributed by atoms with van der Waals surface area (Å²) in [6.45, 7) is 6.80. The number of unbranched alkanes of at least 4 members (excludes halogenated alkanes) is 2. The summed E-state index contributed by atoms with van der Waals surface area (Å²) in [5, 5.41) is 0. The molecule has 0 nitrogen and oxygen atoms in total. The lowest BCUT2D eigenvalue weighted by molar-refractivity contribution is 0.542. The molecule has 0 fully saturated rings. The zero-order valence-corrected chi connectivity index (χ0v) is 6.98. The van der Waals surface area contributed by atoms with Gasteiger partial charge in [-0.25, -0.2) is 0 Å². The van der Waals surface area contributed by atoms with Crippen LogP contribution < -0.4 is 0 Å². The lowest BCUT2D eigenvalue weighted by Gasteiger charge is -2.05. The van der Waals surface area contributed by atoms with Gasteiger partial charge in [-0.15, -0.1) is 0 Å². The van der Waals surface area contributed by atoms with E-state index in [1.807, 2.05) is 0 Å². The standard InChI is InChI=1S/C9H19/c1-4-6-7-8-9(3)5-2/h7,9H,4-6,8H2,1-3H3. The SMILES string of the molecule is CCC[CH]CC(C)CC. The predicted molar refractivity (Wildman–Crippen MR) is 43.3 cm³/mol. The molecule has 0 amide bonds. The minimum absolute atomic E-state index is 0.900. The molecule has 0 spiro atoms. The Bertz CT molecular complexity index is 48.0. The van der Waals surface area contributed by atoms with Crippen molar-refractivity contribution in [1.29, 1.82) is 0 Å². The van der Waals surface area contributed by atoms with Gasteiger partial charge in [-0.3, -0.25) is 0 Å². The first-order valence-electron chi connectivity index (χ1n) is 4.12. The van der Waals surface area contributed by atoms with E-state index < -0.39 is 0 Å². The summed E-state index contributed by atoms with van der Waals surface area (Å²) in [5.74, 6) is 0.900. The highest BCUT2D eigenvalue weighted by Gasteiger charge is 1.96. The van der Waals surface area contributed by atoms with Gasteiger partial charge in [0.25, 0.3) is 0 Å². The molecule has 55 valence electrons.